The molecule has 1 unspecified atom stereocenters. The number of hydrogen-bond donors (Lipinski definition) is 2. The van der Waals surface area contributed by atoms with Crippen LogP contribution in [0.5, 0.6) is 11.5 Å². The van der Waals surface area contributed by atoms with E-state index in [0.717, 1.165) is 25.7 Å². The maximum absolute atomic E-state index is 9.38. The number of benzene rings is 2. The van der Waals surface area contributed by atoms with Crippen LogP contribution in [0, 0.1) is 0 Å². The van der Waals surface area contributed by atoms with Gasteiger partial charge < -0.3 is 10.2 Å². The number of aryl methyl sites for hydroxylation is 1. The molecular formula is C18H22O2. The van der Waals surface area contributed by atoms with Crippen LogP contribution >= 0.6 is 0 Å². The molecule has 1 atom stereocenters. The van der Waals surface area contributed by atoms with E-state index in [4.69, 9.17) is 0 Å². The topological polar surface area (TPSA) is 40.5 Å². The maximum atomic E-state index is 9.38. The Hall–Kier alpha value is -1.96. The zero-order chi connectivity index (χ0) is 14.4. The van der Waals surface area contributed by atoms with Crippen molar-refractivity contribution >= 4 is 0 Å². The first-order chi connectivity index (χ1) is 9.69. The molecule has 0 saturated heterocycles. The molecule has 0 amide bonds. The summed E-state index contributed by atoms with van der Waals surface area (Å²) in [6.45, 7) is 2.20. The molecule has 20 heavy (non-hydrogen) atoms. The second kappa shape index (κ2) is 6.99. The van der Waals surface area contributed by atoms with Gasteiger partial charge in [-0.3, -0.25) is 0 Å². The molecule has 2 rings (SSSR count). The summed E-state index contributed by atoms with van der Waals surface area (Å²) in [7, 11) is 0. The van der Waals surface area contributed by atoms with Crippen LogP contribution in [0.2, 0.25) is 0 Å². The fourth-order valence-corrected chi connectivity index (χ4v) is 2.58. The van der Waals surface area contributed by atoms with Crippen LogP contribution in [0.4, 0.5) is 0 Å². The minimum atomic E-state index is 0.317. The summed E-state index contributed by atoms with van der Waals surface area (Å²) in [6, 6.07) is 15.0. The molecule has 2 N–H and O–H groups in total. The minimum absolute atomic E-state index is 0.317. The van der Waals surface area contributed by atoms with Crippen molar-refractivity contribution in [1.29, 1.82) is 0 Å². The van der Waals surface area contributed by atoms with Gasteiger partial charge in [0.2, 0.25) is 0 Å². The van der Waals surface area contributed by atoms with Gasteiger partial charge in [0, 0.05) is 0 Å². The van der Waals surface area contributed by atoms with Gasteiger partial charge in [0.05, 0.1) is 0 Å². The highest BCUT2D eigenvalue weighted by atomic mass is 16.3. The summed E-state index contributed by atoms with van der Waals surface area (Å²) in [6.07, 6.45) is 4.40. The molecule has 0 heterocycles. The summed E-state index contributed by atoms with van der Waals surface area (Å²) in [5.74, 6) is 1.16. The molecule has 0 aliphatic carbocycles. The van der Waals surface area contributed by atoms with E-state index < -0.39 is 0 Å². The monoisotopic (exact) mass is 270 g/mol. The van der Waals surface area contributed by atoms with E-state index in [-0.39, 0.29) is 0 Å². The summed E-state index contributed by atoms with van der Waals surface area (Å²) < 4.78 is 0. The van der Waals surface area contributed by atoms with E-state index in [1.165, 1.54) is 11.1 Å². The quantitative estimate of drug-likeness (QED) is 0.804. The predicted molar refractivity (Wildman–Crippen MR) is 82.2 cm³/mol. The first-order valence-corrected chi connectivity index (χ1v) is 7.26. The van der Waals surface area contributed by atoms with Gasteiger partial charge in [-0.15, -0.1) is 0 Å². The van der Waals surface area contributed by atoms with Crippen LogP contribution in [0.15, 0.2) is 48.5 Å². The first-order valence-electron chi connectivity index (χ1n) is 7.26. The van der Waals surface area contributed by atoms with Crippen LogP contribution in [0.25, 0.3) is 0 Å². The smallest absolute Gasteiger partial charge is 0.115 e. The SMILES string of the molecule is CCCC(CCc1ccc(O)cc1)c1ccc(O)cc1. The highest BCUT2D eigenvalue weighted by Gasteiger charge is 2.11. The molecule has 0 aliphatic heterocycles. The molecule has 0 saturated carbocycles. The van der Waals surface area contributed by atoms with E-state index in [9.17, 15) is 10.2 Å². The zero-order valence-electron chi connectivity index (χ0n) is 11.9. The first kappa shape index (κ1) is 14.4. The van der Waals surface area contributed by atoms with E-state index in [2.05, 4.69) is 6.92 Å². The molecule has 0 bridgehead atoms. The number of hydrogen-bond acceptors (Lipinski definition) is 2. The van der Waals surface area contributed by atoms with Gasteiger partial charge in [-0.1, -0.05) is 37.6 Å². The maximum Gasteiger partial charge on any atom is 0.115 e. The van der Waals surface area contributed by atoms with Crippen molar-refractivity contribution in [2.24, 2.45) is 0 Å². The van der Waals surface area contributed by atoms with Crippen molar-refractivity contribution in [2.75, 3.05) is 0 Å². The molecule has 2 aromatic carbocycles. The highest BCUT2D eigenvalue weighted by molar-refractivity contribution is 5.29. The Morgan fingerprint density at radius 1 is 0.800 bits per heavy atom. The van der Waals surface area contributed by atoms with Crippen molar-refractivity contribution in [3.8, 4) is 11.5 Å². The van der Waals surface area contributed by atoms with Crippen LogP contribution in [-0.4, -0.2) is 10.2 Å². The molecule has 106 valence electrons. The fourth-order valence-electron chi connectivity index (χ4n) is 2.58. The second-order valence-corrected chi connectivity index (χ2v) is 5.28. The van der Waals surface area contributed by atoms with Crippen LogP contribution in [0.3, 0.4) is 0 Å². The van der Waals surface area contributed by atoms with Gasteiger partial charge in [0.15, 0.2) is 0 Å². The molecule has 0 aromatic heterocycles. The number of phenols is 2. The van der Waals surface area contributed by atoms with Gasteiger partial charge in [-0.2, -0.15) is 0 Å². The third-order valence-electron chi connectivity index (χ3n) is 3.72. The Bertz CT molecular complexity index is 514. The molecule has 2 nitrogen and oxygen atoms in total. The Kier molecular flexibility index (Phi) is 5.05. The number of aromatic hydroxyl groups is 2. The fraction of sp³-hybridized carbons (Fsp3) is 0.333. The van der Waals surface area contributed by atoms with Gasteiger partial charge in [-0.25, -0.2) is 0 Å². The molecule has 0 radical (unpaired) electrons. The van der Waals surface area contributed by atoms with Crippen LogP contribution < -0.4 is 0 Å². The average molecular weight is 270 g/mol. The lowest BCUT2D eigenvalue weighted by Gasteiger charge is -2.17. The van der Waals surface area contributed by atoms with Crippen molar-refractivity contribution in [2.45, 2.75) is 38.5 Å². The van der Waals surface area contributed by atoms with Gasteiger partial charge >= 0.3 is 0 Å². The molecule has 0 fully saturated rings. The van der Waals surface area contributed by atoms with Crippen molar-refractivity contribution < 1.29 is 10.2 Å². The third kappa shape index (κ3) is 4.02. The van der Waals surface area contributed by atoms with E-state index in [1.54, 1.807) is 24.3 Å². The zero-order valence-corrected chi connectivity index (χ0v) is 11.9. The van der Waals surface area contributed by atoms with E-state index >= 15 is 0 Å². The highest BCUT2D eigenvalue weighted by Crippen LogP contribution is 2.28. The minimum Gasteiger partial charge on any atom is -0.508 e. The number of phenolic OH excluding ortho intramolecular Hbond substituents is 2. The number of rotatable bonds is 6. The van der Waals surface area contributed by atoms with Crippen LogP contribution in [0.1, 0.15) is 43.2 Å². The molecule has 0 spiro atoms. The Labute approximate surface area is 120 Å². The molecule has 2 heteroatoms. The van der Waals surface area contributed by atoms with Gasteiger partial charge in [0.25, 0.3) is 0 Å². The molecule has 0 aliphatic rings. The van der Waals surface area contributed by atoms with Crippen LogP contribution in [-0.2, 0) is 6.42 Å². The lowest BCUT2D eigenvalue weighted by Crippen LogP contribution is -2.00. The van der Waals surface area contributed by atoms with E-state index in [0.29, 0.717) is 17.4 Å². The average Bonchev–Trinajstić information content (AvgIpc) is 2.46. The van der Waals surface area contributed by atoms with Crippen molar-refractivity contribution in [1.82, 2.24) is 0 Å². The standard InChI is InChI=1S/C18H22O2/c1-2-3-15(16-8-12-18(20)13-9-16)7-4-14-5-10-17(19)11-6-14/h5-6,8-13,15,19-20H,2-4,7H2,1H3. The summed E-state index contributed by atoms with van der Waals surface area (Å²) in [4.78, 5) is 0. The predicted octanol–water partition coefficient (Wildman–Crippen LogP) is 4.61. The Balaban J connectivity index is 2.02. The third-order valence-corrected chi connectivity index (χ3v) is 3.72. The summed E-state index contributed by atoms with van der Waals surface area (Å²) in [5.41, 5.74) is 2.55. The van der Waals surface area contributed by atoms with Crippen molar-refractivity contribution in [3.05, 3.63) is 59.7 Å². The molecular weight excluding hydrogens is 248 g/mol. The Morgan fingerprint density at radius 2 is 1.35 bits per heavy atom. The largest absolute Gasteiger partial charge is 0.508 e. The lowest BCUT2D eigenvalue weighted by molar-refractivity contribution is 0.474. The summed E-state index contributed by atoms with van der Waals surface area (Å²) >= 11 is 0. The second-order valence-electron chi connectivity index (χ2n) is 5.28. The van der Waals surface area contributed by atoms with Crippen molar-refractivity contribution in [3.63, 3.8) is 0 Å². The van der Waals surface area contributed by atoms with E-state index in [1.807, 2.05) is 24.3 Å². The normalized spacial score (nSPS) is 12.2. The summed E-state index contributed by atoms with van der Waals surface area (Å²) in [5, 5.41) is 18.7. The lowest BCUT2D eigenvalue weighted by atomic mass is 9.89. The molecule has 2 aromatic rings. The van der Waals surface area contributed by atoms with Gasteiger partial charge in [0.1, 0.15) is 11.5 Å². The Morgan fingerprint density at radius 3 is 1.90 bits per heavy atom. The van der Waals surface area contributed by atoms with Gasteiger partial charge in [-0.05, 0) is 60.6 Å².